The third-order valence-corrected chi connectivity index (χ3v) is 7.72. The van der Waals surface area contributed by atoms with Gasteiger partial charge in [0.15, 0.2) is 12.7 Å². The van der Waals surface area contributed by atoms with Gasteiger partial charge in [-0.25, -0.2) is 0 Å². The number of carbonyl (C=O) groups is 1. The van der Waals surface area contributed by atoms with E-state index in [4.69, 9.17) is 4.74 Å². The van der Waals surface area contributed by atoms with Gasteiger partial charge in [0.2, 0.25) is 5.69 Å². The Hall–Kier alpha value is -2.00. The molecule has 1 aromatic heterocycles. The Bertz CT molecular complexity index is 865. The van der Waals surface area contributed by atoms with Gasteiger partial charge in [0.25, 0.3) is 0 Å². The fraction of sp³-hybridized carbons (Fsp3) is 0.417. The summed E-state index contributed by atoms with van der Waals surface area (Å²) in [6.07, 6.45) is 6.95. The normalized spacial score (nSPS) is 14.2. The second-order valence-electron chi connectivity index (χ2n) is 7.47. The molecule has 0 aliphatic carbocycles. The number of benzene rings is 1. The van der Waals surface area contributed by atoms with Gasteiger partial charge >= 0.3 is 5.97 Å². The molecule has 0 amide bonds. The van der Waals surface area contributed by atoms with Gasteiger partial charge in [0.05, 0.1) is 25.7 Å². The first kappa shape index (κ1) is 24.6. The van der Waals surface area contributed by atoms with Crippen LogP contribution in [0.5, 0.6) is 0 Å². The molecule has 1 fully saturated rings. The Labute approximate surface area is 197 Å². The highest BCUT2D eigenvalue weighted by Gasteiger charge is 2.25. The molecule has 2 heterocycles. The molecule has 1 aliphatic rings. The molecular weight excluding hydrogens is 444 g/mol. The number of aliphatic hydroxyl groups excluding tert-OH is 2. The predicted molar refractivity (Wildman–Crippen MR) is 132 cm³/mol. The van der Waals surface area contributed by atoms with Crippen LogP contribution in [0.2, 0.25) is 0 Å². The summed E-state index contributed by atoms with van der Waals surface area (Å²) in [5, 5.41) is 18.4. The number of anilines is 1. The lowest BCUT2D eigenvalue weighted by atomic mass is 10.1. The van der Waals surface area contributed by atoms with Crippen molar-refractivity contribution >= 4 is 45.4 Å². The summed E-state index contributed by atoms with van der Waals surface area (Å²) in [6.45, 7) is 2.30. The van der Waals surface area contributed by atoms with Crippen molar-refractivity contribution in [2.75, 3.05) is 49.3 Å². The van der Waals surface area contributed by atoms with Crippen molar-refractivity contribution in [1.29, 1.82) is 0 Å². The van der Waals surface area contributed by atoms with Crippen molar-refractivity contribution in [2.24, 2.45) is 5.92 Å². The van der Waals surface area contributed by atoms with E-state index in [1.54, 1.807) is 21.6 Å². The Morgan fingerprint density at radius 1 is 1.06 bits per heavy atom. The van der Waals surface area contributed by atoms with Crippen LogP contribution in [0.4, 0.5) is 5.69 Å². The summed E-state index contributed by atoms with van der Waals surface area (Å²) in [5.74, 6) is 1.68. The van der Waals surface area contributed by atoms with Crippen LogP contribution in [0, 0.1) is 5.92 Å². The molecule has 1 saturated heterocycles. The van der Waals surface area contributed by atoms with E-state index in [9.17, 15) is 15.0 Å². The first-order valence-corrected chi connectivity index (χ1v) is 13.3. The molecule has 2 N–H and O–H groups in total. The quantitative estimate of drug-likeness (QED) is 0.212. The molecule has 0 spiro atoms. The van der Waals surface area contributed by atoms with E-state index in [0.29, 0.717) is 19.7 Å². The number of hydrogen-bond acceptors (Lipinski definition) is 7. The molecule has 0 atom stereocenters. The lowest BCUT2D eigenvalue weighted by molar-refractivity contribution is -0.699. The van der Waals surface area contributed by atoms with Crippen LogP contribution in [0.25, 0.3) is 12.2 Å². The van der Waals surface area contributed by atoms with E-state index in [1.165, 1.54) is 0 Å². The lowest BCUT2D eigenvalue weighted by Crippen LogP contribution is -2.37. The third-order valence-electron chi connectivity index (χ3n) is 5.16. The molecule has 0 saturated carbocycles. The number of esters is 1. The zero-order valence-electron chi connectivity index (χ0n) is 18.1. The Balaban J connectivity index is 1.54. The average Bonchev–Trinajstić information content (AvgIpc) is 3.36. The molecule has 6 nitrogen and oxygen atoms in total. The maximum absolute atomic E-state index is 12.0. The number of aliphatic hydroxyl groups is 2. The number of rotatable bonds is 12. The van der Waals surface area contributed by atoms with Crippen molar-refractivity contribution < 1.29 is 24.3 Å². The second kappa shape index (κ2) is 13.5. The SMILES string of the molecule is O=C(OCCC[n+]1ccccc1/C=C/c1ccc(N(CCO)CCO)cc1)C1CSSC1. The summed E-state index contributed by atoms with van der Waals surface area (Å²) in [5.41, 5.74) is 3.12. The molecular formula is C24H31N2O4S2+. The standard InChI is InChI=1S/C24H31N2O4S2/c27-15-13-26(14-16-28)23-9-6-20(7-10-23)5-8-22-4-1-2-11-25(22)12-3-17-30-24(29)21-18-31-32-19-21/h1-2,4-11,21,27-28H,3,12-19H2/q+1. The minimum absolute atomic E-state index is 0.0404. The van der Waals surface area contributed by atoms with Gasteiger partial charge in [0, 0.05) is 54.9 Å². The molecule has 1 aliphatic heterocycles. The van der Waals surface area contributed by atoms with Crippen molar-refractivity contribution in [3.05, 3.63) is 59.9 Å². The fourth-order valence-corrected chi connectivity index (χ4v) is 6.14. The Kier molecular flexibility index (Phi) is 10.4. The van der Waals surface area contributed by atoms with Crippen LogP contribution >= 0.6 is 21.6 Å². The van der Waals surface area contributed by atoms with Crippen LogP contribution in [-0.4, -0.2) is 60.6 Å². The largest absolute Gasteiger partial charge is 0.465 e. The number of carbonyl (C=O) groups excluding carboxylic acids is 1. The molecule has 0 unspecified atom stereocenters. The molecule has 2 aromatic rings. The highest BCUT2D eigenvalue weighted by Crippen LogP contribution is 2.35. The third kappa shape index (κ3) is 7.55. The number of ether oxygens (including phenoxy) is 1. The fourth-order valence-electron chi connectivity index (χ4n) is 3.40. The van der Waals surface area contributed by atoms with Gasteiger partial charge in [-0.05, 0) is 29.8 Å². The van der Waals surface area contributed by atoms with Crippen molar-refractivity contribution in [1.82, 2.24) is 0 Å². The minimum Gasteiger partial charge on any atom is -0.465 e. The first-order valence-electron chi connectivity index (χ1n) is 10.9. The zero-order valence-corrected chi connectivity index (χ0v) is 19.8. The van der Waals surface area contributed by atoms with E-state index in [1.807, 2.05) is 47.5 Å². The van der Waals surface area contributed by atoms with Gasteiger partial charge in [-0.2, -0.15) is 4.57 Å². The maximum atomic E-state index is 12.0. The van der Waals surface area contributed by atoms with E-state index in [0.717, 1.165) is 41.4 Å². The molecule has 0 radical (unpaired) electrons. The molecule has 8 heteroatoms. The smallest absolute Gasteiger partial charge is 0.310 e. The van der Waals surface area contributed by atoms with Gasteiger partial charge in [-0.1, -0.05) is 33.7 Å². The monoisotopic (exact) mass is 475 g/mol. The predicted octanol–water partition coefficient (Wildman–Crippen LogP) is 2.88. The summed E-state index contributed by atoms with van der Waals surface area (Å²) in [4.78, 5) is 14.0. The van der Waals surface area contributed by atoms with Gasteiger partial charge in [0.1, 0.15) is 0 Å². The van der Waals surface area contributed by atoms with E-state index in [-0.39, 0.29) is 25.1 Å². The van der Waals surface area contributed by atoms with Gasteiger partial charge in [-0.15, -0.1) is 0 Å². The number of aryl methyl sites for hydroxylation is 1. The highest BCUT2D eigenvalue weighted by molar-refractivity contribution is 8.77. The van der Waals surface area contributed by atoms with Crippen molar-refractivity contribution in [2.45, 2.75) is 13.0 Å². The maximum Gasteiger partial charge on any atom is 0.310 e. The Morgan fingerprint density at radius 3 is 2.47 bits per heavy atom. The molecule has 1 aromatic carbocycles. The van der Waals surface area contributed by atoms with Gasteiger partial charge < -0.3 is 19.8 Å². The van der Waals surface area contributed by atoms with Crippen LogP contribution in [0.3, 0.4) is 0 Å². The van der Waals surface area contributed by atoms with Crippen molar-refractivity contribution in [3.8, 4) is 0 Å². The number of nitrogens with zero attached hydrogens (tertiary/aromatic N) is 2. The topological polar surface area (TPSA) is 73.9 Å². The number of pyridine rings is 1. The van der Waals surface area contributed by atoms with Crippen molar-refractivity contribution in [3.63, 3.8) is 0 Å². The average molecular weight is 476 g/mol. The van der Waals surface area contributed by atoms with E-state index < -0.39 is 0 Å². The minimum atomic E-state index is -0.0688. The summed E-state index contributed by atoms with van der Waals surface area (Å²) in [6, 6.07) is 14.1. The first-order chi connectivity index (χ1) is 15.7. The van der Waals surface area contributed by atoms with Crippen LogP contribution in [0.15, 0.2) is 48.7 Å². The molecule has 3 rings (SSSR count). The van der Waals surface area contributed by atoms with Crippen LogP contribution < -0.4 is 9.47 Å². The second-order valence-corrected chi connectivity index (χ2v) is 10.0. The Morgan fingerprint density at radius 2 is 1.78 bits per heavy atom. The van der Waals surface area contributed by atoms with E-state index in [2.05, 4.69) is 22.8 Å². The highest BCUT2D eigenvalue weighted by atomic mass is 33.1. The number of hydrogen-bond donors (Lipinski definition) is 2. The lowest BCUT2D eigenvalue weighted by Gasteiger charge is -2.22. The summed E-state index contributed by atoms with van der Waals surface area (Å²) >= 11 is 0. The van der Waals surface area contributed by atoms with Crippen LogP contribution in [-0.2, 0) is 16.1 Å². The summed E-state index contributed by atoms with van der Waals surface area (Å²) in [7, 11) is 3.48. The van der Waals surface area contributed by atoms with Crippen LogP contribution in [0.1, 0.15) is 17.7 Å². The molecule has 0 bridgehead atoms. The molecule has 172 valence electrons. The van der Waals surface area contributed by atoms with E-state index >= 15 is 0 Å². The summed E-state index contributed by atoms with van der Waals surface area (Å²) < 4.78 is 7.61. The number of aromatic nitrogens is 1. The molecule has 32 heavy (non-hydrogen) atoms. The van der Waals surface area contributed by atoms with Gasteiger partial charge in [-0.3, -0.25) is 4.79 Å². The zero-order chi connectivity index (χ0) is 22.6.